The van der Waals surface area contributed by atoms with Crippen molar-refractivity contribution in [1.82, 2.24) is 4.98 Å². The van der Waals surface area contributed by atoms with Crippen LogP contribution >= 0.6 is 23.1 Å². The highest BCUT2D eigenvalue weighted by atomic mass is 32.2. The summed E-state index contributed by atoms with van der Waals surface area (Å²) in [6.07, 6.45) is 4.64. The zero-order valence-electron chi connectivity index (χ0n) is 12.0. The molecule has 19 heavy (non-hydrogen) atoms. The summed E-state index contributed by atoms with van der Waals surface area (Å²) in [7, 11) is 1.39. The summed E-state index contributed by atoms with van der Waals surface area (Å²) in [5, 5.41) is 6.16. The van der Waals surface area contributed by atoms with Gasteiger partial charge in [0.05, 0.1) is 19.2 Å². The molecule has 0 unspecified atom stereocenters. The third kappa shape index (κ3) is 4.69. The van der Waals surface area contributed by atoms with E-state index in [1.54, 1.807) is 0 Å². The van der Waals surface area contributed by atoms with E-state index in [2.05, 4.69) is 35.1 Å². The Morgan fingerprint density at radius 1 is 1.53 bits per heavy atom. The number of hydrogen-bond acceptors (Lipinski definition) is 6. The van der Waals surface area contributed by atoms with Crippen LogP contribution < -0.4 is 5.32 Å². The van der Waals surface area contributed by atoms with Crippen molar-refractivity contribution in [2.24, 2.45) is 0 Å². The van der Waals surface area contributed by atoms with Gasteiger partial charge in [-0.15, -0.1) is 11.3 Å². The average Bonchev–Trinajstić information content (AvgIpc) is 2.88. The molecule has 0 aromatic carbocycles. The fourth-order valence-corrected chi connectivity index (χ4v) is 3.29. The van der Waals surface area contributed by atoms with Gasteiger partial charge in [-0.1, -0.05) is 13.8 Å². The number of aromatic nitrogens is 1. The van der Waals surface area contributed by atoms with Crippen molar-refractivity contribution in [2.75, 3.05) is 25.2 Å². The van der Waals surface area contributed by atoms with Gasteiger partial charge in [0.1, 0.15) is 0 Å². The van der Waals surface area contributed by atoms with Gasteiger partial charge >= 0.3 is 5.97 Å². The van der Waals surface area contributed by atoms with E-state index in [1.807, 2.05) is 17.1 Å². The van der Waals surface area contributed by atoms with Crippen LogP contribution in [0.2, 0.25) is 0 Å². The van der Waals surface area contributed by atoms with Crippen LogP contribution in [-0.4, -0.2) is 35.6 Å². The largest absolute Gasteiger partial charge is 0.469 e. The number of nitrogens with one attached hydrogen (secondary N) is 1. The van der Waals surface area contributed by atoms with Crippen LogP contribution in [0.1, 0.15) is 32.4 Å². The van der Waals surface area contributed by atoms with Gasteiger partial charge < -0.3 is 10.1 Å². The number of thiazole rings is 1. The summed E-state index contributed by atoms with van der Waals surface area (Å²) >= 11 is 3.43. The van der Waals surface area contributed by atoms with Crippen molar-refractivity contribution in [2.45, 2.75) is 37.9 Å². The molecule has 0 aliphatic rings. The summed E-state index contributed by atoms with van der Waals surface area (Å²) in [6.45, 7) is 5.32. The molecule has 1 rings (SSSR count). The third-order valence-electron chi connectivity index (χ3n) is 3.39. The van der Waals surface area contributed by atoms with Crippen molar-refractivity contribution in [3.63, 3.8) is 0 Å². The maximum Gasteiger partial charge on any atom is 0.311 e. The van der Waals surface area contributed by atoms with Crippen LogP contribution in [0.5, 0.6) is 0 Å². The molecule has 1 aromatic rings. The number of hydrogen-bond donors (Lipinski definition) is 1. The molecule has 4 nitrogen and oxygen atoms in total. The average molecular weight is 302 g/mol. The number of carbonyl (C=O) groups excluding carboxylic acids is 1. The Hall–Kier alpha value is -0.750. The second kappa shape index (κ2) is 7.75. The standard InChI is InChI=1S/C13H22N2O2S2/c1-5-13(6-2,18-4)9-14-12-15-10(8-19-12)7-11(16)17-3/h8H,5-7,9H2,1-4H3,(H,14,15). The van der Waals surface area contributed by atoms with Crippen molar-refractivity contribution in [3.8, 4) is 0 Å². The number of methoxy groups -OCH3 is 1. The second-order valence-electron chi connectivity index (χ2n) is 4.34. The van der Waals surface area contributed by atoms with Gasteiger partial charge in [-0.05, 0) is 19.1 Å². The molecule has 1 aromatic heterocycles. The minimum atomic E-state index is -0.252. The first-order chi connectivity index (χ1) is 9.09. The Labute approximate surface area is 123 Å². The number of esters is 1. The van der Waals surface area contributed by atoms with Crippen LogP contribution in [0.15, 0.2) is 5.38 Å². The quantitative estimate of drug-likeness (QED) is 0.747. The number of anilines is 1. The Morgan fingerprint density at radius 3 is 2.74 bits per heavy atom. The fraction of sp³-hybridized carbons (Fsp3) is 0.692. The van der Waals surface area contributed by atoms with Crippen LogP contribution in [0.4, 0.5) is 5.13 Å². The van der Waals surface area contributed by atoms with Crippen LogP contribution in [0.3, 0.4) is 0 Å². The molecular weight excluding hydrogens is 280 g/mol. The highest BCUT2D eigenvalue weighted by Crippen LogP contribution is 2.31. The summed E-state index contributed by atoms with van der Waals surface area (Å²) in [4.78, 5) is 15.6. The number of rotatable bonds is 8. The molecule has 1 heterocycles. The SMILES string of the molecule is CCC(CC)(CNc1nc(CC(=O)OC)cs1)SC. The Morgan fingerprint density at radius 2 is 2.21 bits per heavy atom. The fourth-order valence-electron chi connectivity index (χ4n) is 1.79. The molecule has 0 fully saturated rings. The highest BCUT2D eigenvalue weighted by Gasteiger charge is 2.24. The third-order valence-corrected chi connectivity index (χ3v) is 5.82. The lowest BCUT2D eigenvalue weighted by atomic mass is 10.0. The minimum absolute atomic E-state index is 0.240. The zero-order chi connectivity index (χ0) is 14.3. The van der Waals surface area contributed by atoms with Gasteiger partial charge in [-0.3, -0.25) is 4.79 Å². The highest BCUT2D eigenvalue weighted by molar-refractivity contribution is 8.00. The van der Waals surface area contributed by atoms with E-state index < -0.39 is 0 Å². The second-order valence-corrected chi connectivity index (χ2v) is 6.48. The van der Waals surface area contributed by atoms with E-state index in [9.17, 15) is 4.79 Å². The summed E-state index contributed by atoms with van der Waals surface area (Å²) < 4.78 is 4.89. The summed E-state index contributed by atoms with van der Waals surface area (Å²) in [5.74, 6) is -0.252. The normalized spacial score (nSPS) is 11.4. The Bertz CT molecular complexity index is 395. The molecule has 1 N–H and O–H groups in total. The maximum absolute atomic E-state index is 11.2. The summed E-state index contributed by atoms with van der Waals surface area (Å²) in [6, 6.07) is 0. The lowest BCUT2D eigenvalue weighted by Gasteiger charge is -2.29. The lowest BCUT2D eigenvalue weighted by Crippen LogP contribution is -2.31. The van der Waals surface area contributed by atoms with Crippen LogP contribution in [-0.2, 0) is 16.0 Å². The molecule has 0 aliphatic carbocycles. The monoisotopic (exact) mass is 302 g/mol. The topological polar surface area (TPSA) is 51.2 Å². The van der Waals surface area contributed by atoms with E-state index >= 15 is 0 Å². The molecule has 0 aliphatic heterocycles. The van der Waals surface area contributed by atoms with Gasteiger partial charge in [0.25, 0.3) is 0 Å². The minimum Gasteiger partial charge on any atom is -0.469 e. The van der Waals surface area contributed by atoms with Crippen molar-refractivity contribution >= 4 is 34.2 Å². The first kappa shape index (κ1) is 16.3. The molecule has 0 spiro atoms. The number of carbonyl (C=O) groups is 1. The van der Waals surface area contributed by atoms with Crippen molar-refractivity contribution in [1.29, 1.82) is 0 Å². The predicted molar refractivity (Wildman–Crippen MR) is 83.2 cm³/mol. The van der Waals surface area contributed by atoms with Crippen LogP contribution in [0.25, 0.3) is 0 Å². The Kier molecular flexibility index (Phi) is 6.65. The molecule has 108 valence electrons. The molecular formula is C13H22N2O2S2. The van der Waals surface area contributed by atoms with Gasteiger partial charge in [-0.2, -0.15) is 11.8 Å². The molecule has 0 atom stereocenters. The van der Waals surface area contributed by atoms with Gasteiger partial charge in [0.2, 0.25) is 0 Å². The van der Waals surface area contributed by atoms with Crippen LogP contribution in [0, 0.1) is 0 Å². The number of nitrogens with zero attached hydrogens (tertiary/aromatic N) is 1. The van der Waals surface area contributed by atoms with Gasteiger partial charge in [0, 0.05) is 16.7 Å². The van der Waals surface area contributed by atoms with Gasteiger partial charge in [0.15, 0.2) is 5.13 Å². The van der Waals surface area contributed by atoms with E-state index in [-0.39, 0.29) is 17.1 Å². The summed E-state index contributed by atoms with van der Waals surface area (Å²) in [5.41, 5.74) is 0.766. The van der Waals surface area contributed by atoms with Gasteiger partial charge in [-0.25, -0.2) is 4.98 Å². The molecule has 6 heteroatoms. The molecule has 0 amide bonds. The zero-order valence-corrected chi connectivity index (χ0v) is 13.6. The first-order valence-electron chi connectivity index (χ1n) is 6.39. The Balaban J connectivity index is 2.56. The number of ether oxygens (including phenoxy) is 1. The molecule has 0 saturated carbocycles. The molecule has 0 radical (unpaired) electrons. The number of thioether (sulfide) groups is 1. The van der Waals surface area contributed by atoms with E-state index in [1.165, 1.54) is 18.4 Å². The smallest absolute Gasteiger partial charge is 0.311 e. The predicted octanol–water partition coefficient (Wildman–Crippen LogP) is 3.19. The maximum atomic E-state index is 11.2. The lowest BCUT2D eigenvalue weighted by molar-refractivity contribution is -0.139. The van der Waals surface area contributed by atoms with E-state index in [0.29, 0.717) is 0 Å². The molecule has 0 bridgehead atoms. The first-order valence-corrected chi connectivity index (χ1v) is 8.49. The van der Waals surface area contributed by atoms with E-state index in [0.717, 1.165) is 30.2 Å². The molecule has 0 saturated heterocycles. The van der Waals surface area contributed by atoms with Crippen molar-refractivity contribution < 1.29 is 9.53 Å². The van der Waals surface area contributed by atoms with E-state index in [4.69, 9.17) is 0 Å². The van der Waals surface area contributed by atoms with Crippen molar-refractivity contribution in [3.05, 3.63) is 11.1 Å².